The highest BCUT2D eigenvalue weighted by Gasteiger charge is 2.22. The Kier molecular flexibility index (Phi) is 5.07. The van der Waals surface area contributed by atoms with Gasteiger partial charge in [0.25, 0.3) is 5.91 Å². The molecule has 3 aromatic heterocycles. The molecule has 0 aliphatic carbocycles. The molecular formula is C21H16ClNO4S. The molecule has 0 bridgehead atoms. The van der Waals surface area contributed by atoms with Crippen LogP contribution < -0.4 is 5.43 Å². The molecule has 4 rings (SSSR count). The Labute approximate surface area is 169 Å². The van der Waals surface area contributed by atoms with Crippen LogP contribution in [0.3, 0.4) is 0 Å². The van der Waals surface area contributed by atoms with Crippen molar-refractivity contribution in [3.05, 3.63) is 91.3 Å². The van der Waals surface area contributed by atoms with Crippen LogP contribution in [0.15, 0.2) is 67.7 Å². The van der Waals surface area contributed by atoms with Crippen molar-refractivity contribution < 1.29 is 13.6 Å². The summed E-state index contributed by atoms with van der Waals surface area (Å²) >= 11 is 7.71. The lowest BCUT2D eigenvalue weighted by molar-refractivity contribution is 0.0687. The molecule has 1 aromatic carbocycles. The largest absolute Gasteiger partial charge is 0.467 e. The predicted molar refractivity (Wildman–Crippen MR) is 109 cm³/mol. The summed E-state index contributed by atoms with van der Waals surface area (Å²) < 4.78 is 11.1. The Morgan fingerprint density at radius 2 is 2.04 bits per heavy atom. The molecule has 5 nitrogen and oxygen atoms in total. The molecule has 0 fully saturated rings. The van der Waals surface area contributed by atoms with Gasteiger partial charge in [-0.2, -0.15) is 0 Å². The molecule has 0 atom stereocenters. The van der Waals surface area contributed by atoms with Crippen LogP contribution in [0.25, 0.3) is 11.0 Å². The van der Waals surface area contributed by atoms with Gasteiger partial charge >= 0.3 is 0 Å². The van der Waals surface area contributed by atoms with E-state index < -0.39 is 0 Å². The first-order valence-corrected chi connectivity index (χ1v) is 9.85. The molecule has 1 amide bonds. The minimum atomic E-state index is -0.388. The van der Waals surface area contributed by atoms with Crippen molar-refractivity contribution >= 4 is 39.8 Å². The van der Waals surface area contributed by atoms with E-state index in [4.69, 9.17) is 20.4 Å². The molecule has 0 N–H and O–H groups in total. The zero-order chi connectivity index (χ0) is 19.7. The second-order valence-corrected chi connectivity index (χ2v) is 7.83. The highest BCUT2D eigenvalue weighted by atomic mass is 35.5. The van der Waals surface area contributed by atoms with Crippen molar-refractivity contribution in [2.24, 2.45) is 0 Å². The molecular weight excluding hydrogens is 398 g/mol. The van der Waals surface area contributed by atoms with Crippen LogP contribution in [0.5, 0.6) is 0 Å². The van der Waals surface area contributed by atoms with Crippen LogP contribution in [0, 0.1) is 6.92 Å². The number of halogens is 1. The number of furan rings is 1. The van der Waals surface area contributed by atoms with Crippen LogP contribution >= 0.6 is 22.9 Å². The molecule has 4 aromatic rings. The maximum Gasteiger partial charge on any atom is 0.290 e. The van der Waals surface area contributed by atoms with E-state index in [0.29, 0.717) is 28.3 Å². The molecule has 0 spiro atoms. The normalized spacial score (nSPS) is 11.1. The number of amides is 1. The fourth-order valence-electron chi connectivity index (χ4n) is 2.93. The predicted octanol–water partition coefficient (Wildman–Crippen LogP) is 5.25. The minimum absolute atomic E-state index is 0.0273. The fraction of sp³-hybridized carbons (Fsp3) is 0.143. The van der Waals surface area contributed by atoms with Gasteiger partial charge in [-0.3, -0.25) is 9.59 Å². The molecule has 7 heteroatoms. The lowest BCUT2D eigenvalue weighted by Gasteiger charge is -2.20. The SMILES string of the molecule is Cc1cc2c(=O)cc(C(=O)N(Cc3ccco3)Cc3cccs3)oc2cc1Cl. The molecule has 0 aliphatic heterocycles. The summed E-state index contributed by atoms with van der Waals surface area (Å²) in [4.78, 5) is 28.3. The van der Waals surface area contributed by atoms with Crippen molar-refractivity contribution in [2.75, 3.05) is 0 Å². The summed E-state index contributed by atoms with van der Waals surface area (Å²) in [6, 6.07) is 11.9. The van der Waals surface area contributed by atoms with Gasteiger partial charge in [0, 0.05) is 22.0 Å². The van der Waals surface area contributed by atoms with E-state index in [0.717, 1.165) is 10.4 Å². The second kappa shape index (κ2) is 7.66. The van der Waals surface area contributed by atoms with E-state index in [2.05, 4.69) is 0 Å². The molecule has 0 aliphatic rings. The summed E-state index contributed by atoms with van der Waals surface area (Å²) in [6.07, 6.45) is 1.56. The van der Waals surface area contributed by atoms with Gasteiger partial charge < -0.3 is 13.7 Å². The van der Waals surface area contributed by atoms with Gasteiger partial charge in [-0.15, -0.1) is 11.3 Å². The molecule has 0 saturated carbocycles. The maximum absolute atomic E-state index is 13.2. The number of thiophene rings is 1. The maximum atomic E-state index is 13.2. The van der Waals surface area contributed by atoms with Crippen molar-refractivity contribution in [1.29, 1.82) is 0 Å². The highest BCUT2D eigenvalue weighted by molar-refractivity contribution is 7.09. The van der Waals surface area contributed by atoms with Crippen molar-refractivity contribution in [3.8, 4) is 0 Å². The first kappa shape index (κ1) is 18.5. The average molecular weight is 414 g/mol. The van der Waals surface area contributed by atoms with E-state index in [1.165, 1.54) is 6.07 Å². The van der Waals surface area contributed by atoms with Gasteiger partial charge in [0.05, 0.1) is 24.7 Å². The summed E-state index contributed by atoms with van der Waals surface area (Å²) in [7, 11) is 0. The molecule has 0 unspecified atom stereocenters. The van der Waals surface area contributed by atoms with Gasteiger partial charge in [-0.1, -0.05) is 17.7 Å². The molecule has 0 radical (unpaired) electrons. The molecule has 28 heavy (non-hydrogen) atoms. The number of rotatable bonds is 5. The van der Waals surface area contributed by atoms with E-state index in [1.54, 1.807) is 46.8 Å². The number of aryl methyl sites for hydroxylation is 1. The summed E-state index contributed by atoms with van der Waals surface area (Å²) in [6.45, 7) is 2.46. The van der Waals surface area contributed by atoms with Crippen LogP contribution in [-0.2, 0) is 13.1 Å². The van der Waals surface area contributed by atoms with Gasteiger partial charge in [-0.05, 0) is 42.1 Å². The fourth-order valence-corrected chi connectivity index (χ4v) is 3.80. The van der Waals surface area contributed by atoms with Crippen LogP contribution in [-0.4, -0.2) is 10.8 Å². The third kappa shape index (κ3) is 3.74. The van der Waals surface area contributed by atoms with Gasteiger partial charge in [0.2, 0.25) is 0 Å². The van der Waals surface area contributed by atoms with Crippen molar-refractivity contribution in [1.82, 2.24) is 4.90 Å². The Balaban J connectivity index is 1.73. The number of carbonyl (C=O) groups is 1. The topological polar surface area (TPSA) is 63.7 Å². The van der Waals surface area contributed by atoms with Gasteiger partial charge in [0.15, 0.2) is 11.2 Å². The number of benzene rings is 1. The molecule has 142 valence electrons. The van der Waals surface area contributed by atoms with Crippen molar-refractivity contribution in [2.45, 2.75) is 20.0 Å². The average Bonchev–Trinajstić information content (AvgIpc) is 3.36. The number of fused-ring (bicyclic) bond motifs is 1. The Morgan fingerprint density at radius 3 is 2.75 bits per heavy atom. The first-order valence-electron chi connectivity index (χ1n) is 8.59. The van der Waals surface area contributed by atoms with E-state index >= 15 is 0 Å². The molecule has 3 heterocycles. The zero-order valence-electron chi connectivity index (χ0n) is 15.0. The number of carbonyl (C=O) groups excluding carboxylic acids is 1. The Bertz CT molecular complexity index is 1140. The third-order valence-corrected chi connectivity index (χ3v) is 5.63. The van der Waals surface area contributed by atoms with Crippen LogP contribution in [0.1, 0.15) is 26.8 Å². The lowest BCUT2D eigenvalue weighted by atomic mass is 10.1. The summed E-state index contributed by atoms with van der Waals surface area (Å²) in [5, 5.41) is 2.83. The van der Waals surface area contributed by atoms with E-state index in [9.17, 15) is 9.59 Å². The van der Waals surface area contributed by atoms with Crippen LogP contribution in [0.2, 0.25) is 5.02 Å². The highest BCUT2D eigenvalue weighted by Crippen LogP contribution is 2.24. The van der Waals surface area contributed by atoms with E-state index in [1.807, 2.05) is 24.4 Å². The zero-order valence-corrected chi connectivity index (χ0v) is 16.5. The van der Waals surface area contributed by atoms with E-state index in [-0.39, 0.29) is 23.6 Å². The Morgan fingerprint density at radius 1 is 1.18 bits per heavy atom. The minimum Gasteiger partial charge on any atom is -0.467 e. The van der Waals surface area contributed by atoms with Gasteiger partial charge in [0.1, 0.15) is 11.3 Å². The smallest absolute Gasteiger partial charge is 0.290 e. The lowest BCUT2D eigenvalue weighted by Crippen LogP contribution is -2.30. The first-order chi connectivity index (χ1) is 13.5. The van der Waals surface area contributed by atoms with Crippen LogP contribution in [0.4, 0.5) is 0 Å². The third-order valence-electron chi connectivity index (χ3n) is 4.36. The van der Waals surface area contributed by atoms with Gasteiger partial charge in [-0.25, -0.2) is 0 Å². The monoisotopic (exact) mass is 413 g/mol. The summed E-state index contributed by atoms with van der Waals surface area (Å²) in [5.74, 6) is 0.229. The second-order valence-electron chi connectivity index (χ2n) is 6.39. The summed E-state index contributed by atoms with van der Waals surface area (Å²) in [5.41, 5.74) is 0.789. The number of hydrogen-bond acceptors (Lipinski definition) is 5. The molecule has 0 saturated heterocycles. The standard InChI is InChI=1S/C21H16ClNO4S/c1-13-8-16-18(24)10-20(27-19(16)9-17(13)22)21(25)23(11-14-4-2-6-26-14)12-15-5-3-7-28-15/h2-10H,11-12H2,1H3. The quantitative estimate of drug-likeness (QED) is 0.448. The number of nitrogens with zero attached hydrogens (tertiary/aromatic N) is 1. The van der Waals surface area contributed by atoms with Crippen molar-refractivity contribution in [3.63, 3.8) is 0 Å². The Hall–Kier alpha value is -2.83. The number of hydrogen-bond donors (Lipinski definition) is 0.